The van der Waals surface area contributed by atoms with Crippen molar-refractivity contribution in [2.45, 2.75) is 26.3 Å². The molecule has 0 aliphatic rings. The quantitative estimate of drug-likeness (QED) is 0.793. The van der Waals surface area contributed by atoms with E-state index in [1.807, 2.05) is 12.4 Å². The Morgan fingerprint density at radius 2 is 2.10 bits per heavy atom. The van der Waals surface area contributed by atoms with Crippen LogP contribution < -0.4 is 5.73 Å². The molecule has 0 spiro atoms. The van der Waals surface area contributed by atoms with Gasteiger partial charge in [0.15, 0.2) is 5.65 Å². The zero-order chi connectivity index (χ0) is 14.1. The molecule has 0 radical (unpaired) electrons. The van der Waals surface area contributed by atoms with Gasteiger partial charge in [-0.3, -0.25) is 9.38 Å². The third-order valence-corrected chi connectivity index (χ3v) is 3.54. The average Bonchev–Trinajstić information content (AvgIpc) is 2.91. The van der Waals surface area contributed by atoms with E-state index in [-0.39, 0.29) is 0 Å². The largest absolute Gasteiger partial charge is 0.325 e. The Morgan fingerprint density at radius 3 is 2.85 bits per heavy atom. The number of nitrogens with two attached hydrogens (primary N) is 1. The van der Waals surface area contributed by atoms with E-state index >= 15 is 0 Å². The Kier molecular flexibility index (Phi) is 3.24. The number of fused-ring (bicyclic) bond motifs is 1. The van der Waals surface area contributed by atoms with Crippen LogP contribution in [-0.2, 0) is 6.54 Å². The van der Waals surface area contributed by atoms with Crippen molar-refractivity contribution in [1.29, 1.82) is 0 Å². The predicted octanol–water partition coefficient (Wildman–Crippen LogP) is 2.98. The minimum Gasteiger partial charge on any atom is -0.325 e. The highest BCUT2D eigenvalue weighted by Crippen LogP contribution is 2.25. The smallest absolute Gasteiger partial charge is 0.160 e. The summed E-state index contributed by atoms with van der Waals surface area (Å²) in [6.07, 6.45) is 5.58. The van der Waals surface area contributed by atoms with Gasteiger partial charge in [-0.2, -0.15) is 0 Å². The molecule has 0 bridgehead atoms. The summed E-state index contributed by atoms with van der Waals surface area (Å²) in [5.41, 5.74) is 10.9. The zero-order valence-electron chi connectivity index (χ0n) is 11.7. The average molecular weight is 266 g/mol. The molecule has 2 N–H and O–H groups in total. The van der Waals surface area contributed by atoms with Crippen molar-refractivity contribution in [2.24, 2.45) is 5.73 Å². The van der Waals surface area contributed by atoms with E-state index in [0.29, 0.717) is 12.5 Å². The summed E-state index contributed by atoms with van der Waals surface area (Å²) >= 11 is 0. The SMILES string of the molecule is CC(C)c1cccc(-c2cnc3c(CN)nccn23)c1. The molecule has 4 nitrogen and oxygen atoms in total. The molecule has 2 aromatic heterocycles. The molecule has 20 heavy (non-hydrogen) atoms. The van der Waals surface area contributed by atoms with E-state index < -0.39 is 0 Å². The summed E-state index contributed by atoms with van der Waals surface area (Å²) in [7, 11) is 0. The van der Waals surface area contributed by atoms with Gasteiger partial charge in [-0.15, -0.1) is 0 Å². The van der Waals surface area contributed by atoms with Gasteiger partial charge in [-0.1, -0.05) is 32.0 Å². The Bertz CT molecular complexity index is 743. The van der Waals surface area contributed by atoms with Crippen molar-refractivity contribution in [1.82, 2.24) is 14.4 Å². The van der Waals surface area contributed by atoms with Crippen molar-refractivity contribution < 1.29 is 0 Å². The minimum atomic E-state index is 0.396. The maximum atomic E-state index is 5.71. The van der Waals surface area contributed by atoms with Gasteiger partial charge in [-0.05, 0) is 17.5 Å². The molecular weight excluding hydrogens is 248 g/mol. The van der Waals surface area contributed by atoms with Crippen LogP contribution in [0.5, 0.6) is 0 Å². The van der Waals surface area contributed by atoms with E-state index in [2.05, 4.69) is 52.5 Å². The van der Waals surface area contributed by atoms with Gasteiger partial charge in [0.2, 0.25) is 0 Å². The molecule has 0 aliphatic carbocycles. The third-order valence-electron chi connectivity index (χ3n) is 3.54. The Balaban J connectivity index is 2.18. The van der Waals surface area contributed by atoms with Gasteiger partial charge in [-0.25, -0.2) is 4.98 Å². The standard InChI is InChI=1S/C16H18N4/c1-11(2)12-4-3-5-13(8-12)15-10-19-16-14(9-17)18-6-7-20(15)16/h3-8,10-11H,9,17H2,1-2H3. The highest BCUT2D eigenvalue weighted by atomic mass is 15.0. The zero-order valence-corrected chi connectivity index (χ0v) is 11.7. The van der Waals surface area contributed by atoms with E-state index in [4.69, 9.17) is 5.73 Å². The molecular formula is C16H18N4. The van der Waals surface area contributed by atoms with Crippen LogP contribution in [-0.4, -0.2) is 14.4 Å². The van der Waals surface area contributed by atoms with Crippen molar-refractivity contribution >= 4 is 5.65 Å². The second-order valence-electron chi connectivity index (χ2n) is 5.20. The number of hydrogen-bond donors (Lipinski definition) is 1. The lowest BCUT2D eigenvalue weighted by molar-refractivity contribution is 0.867. The molecule has 102 valence electrons. The molecule has 2 heterocycles. The molecule has 0 atom stereocenters. The number of nitrogens with zero attached hydrogens (tertiary/aromatic N) is 3. The third kappa shape index (κ3) is 2.08. The van der Waals surface area contributed by atoms with Crippen LogP contribution in [0.4, 0.5) is 0 Å². The van der Waals surface area contributed by atoms with Gasteiger partial charge in [0.1, 0.15) is 0 Å². The van der Waals surface area contributed by atoms with Crippen molar-refractivity contribution in [3.63, 3.8) is 0 Å². The van der Waals surface area contributed by atoms with Crippen molar-refractivity contribution in [3.8, 4) is 11.3 Å². The molecule has 0 saturated carbocycles. The van der Waals surface area contributed by atoms with Gasteiger partial charge >= 0.3 is 0 Å². The molecule has 0 unspecified atom stereocenters. The minimum absolute atomic E-state index is 0.396. The Hall–Kier alpha value is -2.20. The number of rotatable bonds is 3. The molecule has 3 rings (SSSR count). The van der Waals surface area contributed by atoms with E-state index in [9.17, 15) is 0 Å². The summed E-state index contributed by atoms with van der Waals surface area (Å²) in [6, 6.07) is 8.58. The van der Waals surface area contributed by atoms with Crippen LogP contribution in [0, 0.1) is 0 Å². The second-order valence-corrected chi connectivity index (χ2v) is 5.20. The van der Waals surface area contributed by atoms with Crippen molar-refractivity contribution in [3.05, 3.63) is 54.1 Å². The fourth-order valence-electron chi connectivity index (χ4n) is 2.39. The second kappa shape index (κ2) is 5.06. The molecule has 0 amide bonds. The lowest BCUT2D eigenvalue weighted by atomic mass is 10.00. The molecule has 3 aromatic rings. The van der Waals surface area contributed by atoms with Gasteiger partial charge in [0, 0.05) is 24.5 Å². The number of hydrogen-bond acceptors (Lipinski definition) is 3. The predicted molar refractivity (Wildman–Crippen MR) is 80.4 cm³/mol. The van der Waals surface area contributed by atoms with Gasteiger partial charge < -0.3 is 5.73 Å². The van der Waals surface area contributed by atoms with Crippen LogP contribution >= 0.6 is 0 Å². The fraction of sp³-hybridized carbons (Fsp3) is 0.250. The highest BCUT2D eigenvalue weighted by Gasteiger charge is 2.10. The lowest BCUT2D eigenvalue weighted by Gasteiger charge is -2.08. The normalized spacial score (nSPS) is 11.4. The number of benzene rings is 1. The summed E-state index contributed by atoms with van der Waals surface area (Å²) in [5, 5.41) is 0. The first kappa shape index (κ1) is 12.8. The van der Waals surface area contributed by atoms with Gasteiger partial charge in [0.05, 0.1) is 17.6 Å². The van der Waals surface area contributed by atoms with Crippen molar-refractivity contribution in [2.75, 3.05) is 0 Å². The number of imidazole rings is 1. The Morgan fingerprint density at radius 1 is 1.25 bits per heavy atom. The first-order chi connectivity index (χ1) is 9.70. The summed E-state index contributed by atoms with van der Waals surface area (Å²) in [5.74, 6) is 0.510. The van der Waals surface area contributed by atoms with Crippen LogP contribution in [0.1, 0.15) is 31.0 Å². The lowest BCUT2D eigenvalue weighted by Crippen LogP contribution is -2.03. The highest BCUT2D eigenvalue weighted by molar-refractivity contribution is 5.65. The summed E-state index contributed by atoms with van der Waals surface area (Å²) in [4.78, 5) is 8.73. The maximum Gasteiger partial charge on any atom is 0.160 e. The van der Waals surface area contributed by atoms with Gasteiger partial charge in [0.25, 0.3) is 0 Å². The fourth-order valence-corrected chi connectivity index (χ4v) is 2.39. The van der Waals surface area contributed by atoms with Crippen LogP contribution in [0.2, 0.25) is 0 Å². The molecule has 0 fully saturated rings. The van der Waals surface area contributed by atoms with E-state index in [0.717, 1.165) is 22.6 Å². The Labute approximate surface area is 118 Å². The topological polar surface area (TPSA) is 56.2 Å². The molecule has 1 aromatic carbocycles. The maximum absolute atomic E-state index is 5.71. The summed E-state index contributed by atoms with van der Waals surface area (Å²) < 4.78 is 2.05. The molecule has 0 saturated heterocycles. The first-order valence-electron chi connectivity index (χ1n) is 6.82. The number of aromatic nitrogens is 3. The van der Waals surface area contributed by atoms with E-state index in [1.165, 1.54) is 5.56 Å². The van der Waals surface area contributed by atoms with Crippen LogP contribution in [0.3, 0.4) is 0 Å². The molecule has 0 aliphatic heterocycles. The van der Waals surface area contributed by atoms with Crippen LogP contribution in [0.15, 0.2) is 42.9 Å². The van der Waals surface area contributed by atoms with Crippen LogP contribution in [0.25, 0.3) is 16.9 Å². The monoisotopic (exact) mass is 266 g/mol. The molecule has 4 heteroatoms. The first-order valence-corrected chi connectivity index (χ1v) is 6.82. The van der Waals surface area contributed by atoms with E-state index in [1.54, 1.807) is 6.20 Å². The summed E-state index contributed by atoms with van der Waals surface area (Å²) in [6.45, 7) is 4.79.